The molecule has 3 unspecified atom stereocenters. The number of allylic oxidation sites excluding steroid dienone is 6. The van der Waals surface area contributed by atoms with E-state index in [-0.39, 0.29) is 11.3 Å². The van der Waals surface area contributed by atoms with E-state index in [1.807, 2.05) is 0 Å². The second-order valence-electron chi connectivity index (χ2n) is 11.2. The molecule has 7 rings (SSSR count). The molecule has 0 N–H and O–H groups in total. The van der Waals surface area contributed by atoms with Crippen LogP contribution in [0.25, 0.3) is 16.7 Å². The highest BCUT2D eigenvalue weighted by Crippen LogP contribution is 2.55. The van der Waals surface area contributed by atoms with Gasteiger partial charge in [0.25, 0.3) is 0 Å². The summed E-state index contributed by atoms with van der Waals surface area (Å²) in [6.45, 7) is 6.70. The molecule has 0 aliphatic heterocycles. The van der Waals surface area contributed by atoms with E-state index in [1.165, 1.54) is 61.2 Å². The highest BCUT2D eigenvalue weighted by Gasteiger charge is 2.44. The number of hydrogen-bond donors (Lipinski definition) is 0. The van der Waals surface area contributed by atoms with Gasteiger partial charge < -0.3 is 0 Å². The minimum Gasteiger partial charge on any atom is -0.0906 e. The van der Waals surface area contributed by atoms with Crippen molar-refractivity contribution >= 4 is 5.57 Å². The molecular formula is C39H32. The Labute approximate surface area is 232 Å². The van der Waals surface area contributed by atoms with E-state index in [0.29, 0.717) is 5.92 Å². The third-order valence-electron chi connectivity index (χ3n) is 9.06. The Morgan fingerprint density at radius 1 is 0.744 bits per heavy atom. The van der Waals surface area contributed by atoms with Crippen molar-refractivity contribution in [3.8, 4) is 23.0 Å². The molecule has 188 valence electrons. The number of fused-ring (bicyclic) bond motifs is 7. The fraction of sp³-hybridized carbons (Fsp3) is 0.179. The van der Waals surface area contributed by atoms with Gasteiger partial charge in [0.1, 0.15) is 0 Å². The van der Waals surface area contributed by atoms with Crippen LogP contribution in [0.2, 0.25) is 0 Å². The lowest BCUT2D eigenvalue weighted by molar-refractivity contribution is 0.769. The van der Waals surface area contributed by atoms with Gasteiger partial charge in [0.2, 0.25) is 0 Å². The molecule has 0 nitrogen and oxygen atoms in total. The summed E-state index contributed by atoms with van der Waals surface area (Å²) in [7, 11) is 0. The molecule has 3 aliphatic carbocycles. The molecule has 0 saturated heterocycles. The molecule has 39 heavy (non-hydrogen) atoms. The van der Waals surface area contributed by atoms with Crippen molar-refractivity contribution in [2.45, 2.75) is 44.4 Å². The first-order valence-corrected chi connectivity index (χ1v) is 14.0. The summed E-state index contributed by atoms with van der Waals surface area (Å²) in [5.74, 6) is 7.30. The predicted molar refractivity (Wildman–Crippen MR) is 164 cm³/mol. The average molecular weight is 501 g/mol. The normalized spacial score (nSPS) is 23.3. The monoisotopic (exact) mass is 500 g/mol. The molecule has 4 aromatic carbocycles. The highest BCUT2D eigenvalue weighted by atomic mass is 14.5. The first-order chi connectivity index (χ1) is 19.1. The Balaban J connectivity index is 1.41. The standard InChI is InChI=1S/C39H32/c1-26-12-4-5-14-31(26)35-24-29(20-19-28(35)3)30-21-22-34-33-16-7-9-18-37(33)39(38(34)25-30)23-11-10-13-27(2)32-15-6-8-17-36(32)39/h4-9,11-12,14-23,25,27,29H,24H2,1-3H3/b23-11-. The molecule has 0 heteroatoms. The Bertz CT molecular complexity index is 1780. The molecule has 0 saturated carbocycles. The van der Waals surface area contributed by atoms with Crippen molar-refractivity contribution in [1.82, 2.24) is 0 Å². The number of aryl methyl sites for hydroxylation is 1. The van der Waals surface area contributed by atoms with Gasteiger partial charge in [-0.3, -0.25) is 0 Å². The quantitative estimate of drug-likeness (QED) is 0.240. The van der Waals surface area contributed by atoms with Crippen LogP contribution >= 0.6 is 0 Å². The van der Waals surface area contributed by atoms with Gasteiger partial charge in [-0.15, -0.1) is 0 Å². The van der Waals surface area contributed by atoms with Crippen molar-refractivity contribution < 1.29 is 0 Å². The van der Waals surface area contributed by atoms with Gasteiger partial charge in [-0.2, -0.15) is 0 Å². The summed E-state index contributed by atoms with van der Waals surface area (Å²) in [5, 5.41) is 0. The first-order valence-electron chi connectivity index (χ1n) is 14.0. The summed E-state index contributed by atoms with van der Waals surface area (Å²) in [6.07, 6.45) is 10.2. The maximum atomic E-state index is 3.44. The Kier molecular flexibility index (Phi) is 5.57. The maximum Gasteiger partial charge on any atom is 0.0656 e. The Hall–Kier alpha value is -4.34. The first kappa shape index (κ1) is 23.8. The molecule has 3 aliphatic rings. The number of benzene rings is 4. The van der Waals surface area contributed by atoms with Crippen molar-refractivity contribution in [3.05, 3.63) is 160 Å². The van der Waals surface area contributed by atoms with E-state index in [2.05, 4.69) is 148 Å². The molecular weight excluding hydrogens is 468 g/mol. The van der Waals surface area contributed by atoms with Gasteiger partial charge in [-0.1, -0.05) is 121 Å². The van der Waals surface area contributed by atoms with E-state index in [0.717, 1.165) is 6.42 Å². The third-order valence-corrected chi connectivity index (χ3v) is 9.06. The van der Waals surface area contributed by atoms with Crippen LogP contribution in [0, 0.1) is 18.8 Å². The SMILES string of the molecule is CC1=C(c2ccccc2C)CC(c2ccc3c(c2)C2(/C=C\C#CC(C)c4ccccc42)c2ccccc2-3)C=C1. The summed E-state index contributed by atoms with van der Waals surface area (Å²) in [4.78, 5) is 0. The van der Waals surface area contributed by atoms with Gasteiger partial charge in [0.05, 0.1) is 5.41 Å². The van der Waals surface area contributed by atoms with Gasteiger partial charge in [-0.05, 0) is 94.5 Å². The van der Waals surface area contributed by atoms with Crippen LogP contribution in [-0.4, -0.2) is 0 Å². The number of hydrogen-bond acceptors (Lipinski definition) is 0. The molecule has 3 atom stereocenters. The van der Waals surface area contributed by atoms with E-state index in [9.17, 15) is 0 Å². The van der Waals surface area contributed by atoms with Crippen LogP contribution in [-0.2, 0) is 5.41 Å². The number of rotatable bonds is 2. The summed E-state index contributed by atoms with van der Waals surface area (Å²) < 4.78 is 0. The van der Waals surface area contributed by atoms with Crippen LogP contribution in [0.15, 0.2) is 121 Å². The van der Waals surface area contributed by atoms with Crippen molar-refractivity contribution in [2.24, 2.45) is 0 Å². The van der Waals surface area contributed by atoms with Gasteiger partial charge in [0.15, 0.2) is 0 Å². The lowest BCUT2D eigenvalue weighted by atomic mass is 9.68. The van der Waals surface area contributed by atoms with Crippen LogP contribution in [0.4, 0.5) is 0 Å². The van der Waals surface area contributed by atoms with Gasteiger partial charge >= 0.3 is 0 Å². The van der Waals surface area contributed by atoms with E-state index in [4.69, 9.17) is 0 Å². The largest absolute Gasteiger partial charge is 0.0906 e. The topological polar surface area (TPSA) is 0 Å². The van der Waals surface area contributed by atoms with E-state index >= 15 is 0 Å². The van der Waals surface area contributed by atoms with E-state index < -0.39 is 0 Å². The maximum absolute atomic E-state index is 3.44. The molecule has 0 heterocycles. The smallest absolute Gasteiger partial charge is 0.0656 e. The summed E-state index contributed by atoms with van der Waals surface area (Å²) in [6, 6.07) is 33.9. The molecule has 0 radical (unpaired) electrons. The van der Waals surface area contributed by atoms with E-state index in [1.54, 1.807) is 0 Å². The fourth-order valence-corrected chi connectivity index (χ4v) is 7.04. The van der Waals surface area contributed by atoms with Crippen LogP contribution < -0.4 is 0 Å². The van der Waals surface area contributed by atoms with Crippen LogP contribution in [0.3, 0.4) is 0 Å². The zero-order valence-corrected chi connectivity index (χ0v) is 22.8. The molecule has 4 aromatic rings. The predicted octanol–water partition coefficient (Wildman–Crippen LogP) is 9.50. The zero-order chi connectivity index (χ0) is 26.6. The summed E-state index contributed by atoms with van der Waals surface area (Å²) in [5.41, 5.74) is 14.6. The second-order valence-corrected chi connectivity index (χ2v) is 11.2. The molecule has 1 spiro atoms. The average Bonchev–Trinajstić information content (AvgIpc) is 3.25. The van der Waals surface area contributed by atoms with Crippen molar-refractivity contribution in [1.29, 1.82) is 0 Å². The molecule has 0 fully saturated rings. The minimum atomic E-state index is -0.356. The fourth-order valence-electron chi connectivity index (χ4n) is 7.04. The molecule has 0 bridgehead atoms. The lowest BCUT2D eigenvalue weighted by Gasteiger charge is -2.33. The second kappa shape index (κ2) is 9.14. The minimum absolute atomic E-state index is 0.175. The Morgan fingerprint density at radius 2 is 1.46 bits per heavy atom. The molecule has 0 aromatic heterocycles. The van der Waals surface area contributed by atoms with Crippen molar-refractivity contribution in [3.63, 3.8) is 0 Å². The van der Waals surface area contributed by atoms with Crippen LogP contribution in [0.1, 0.15) is 71.0 Å². The third kappa shape index (κ3) is 3.61. The Morgan fingerprint density at radius 3 is 2.31 bits per heavy atom. The zero-order valence-electron chi connectivity index (χ0n) is 22.8. The van der Waals surface area contributed by atoms with Crippen molar-refractivity contribution in [2.75, 3.05) is 0 Å². The van der Waals surface area contributed by atoms with Crippen LogP contribution in [0.5, 0.6) is 0 Å². The highest BCUT2D eigenvalue weighted by molar-refractivity contribution is 5.86. The summed E-state index contributed by atoms with van der Waals surface area (Å²) >= 11 is 0. The van der Waals surface area contributed by atoms with Gasteiger partial charge in [-0.25, -0.2) is 0 Å². The molecule has 0 amide bonds. The van der Waals surface area contributed by atoms with Gasteiger partial charge in [0, 0.05) is 11.8 Å². The lowest BCUT2D eigenvalue weighted by Crippen LogP contribution is -2.27.